The smallest absolute Gasteiger partial charge is 0.385 e. The molecule has 0 aliphatic carbocycles. The molecule has 0 atom stereocenters. The number of nitrogens with zero attached hydrogens (tertiary/aromatic N) is 4. The highest BCUT2D eigenvalue weighted by molar-refractivity contribution is 6.27. The third-order valence-corrected chi connectivity index (χ3v) is 3.64. The monoisotopic (exact) mass is 349 g/mol. The van der Waals surface area contributed by atoms with E-state index in [9.17, 15) is 4.79 Å². The van der Waals surface area contributed by atoms with Crippen molar-refractivity contribution in [3.05, 3.63) is 36.7 Å². The van der Waals surface area contributed by atoms with Crippen molar-refractivity contribution in [2.45, 2.75) is 6.42 Å². The summed E-state index contributed by atoms with van der Waals surface area (Å²) in [4.78, 5) is 11.0. The zero-order chi connectivity index (χ0) is 17.4. The lowest BCUT2D eigenvalue weighted by molar-refractivity contribution is -0.657. The second kappa shape index (κ2) is 9.02. The summed E-state index contributed by atoms with van der Waals surface area (Å²) in [6, 6.07) is 7.72. The van der Waals surface area contributed by atoms with E-state index in [1.54, 1.807) is 0 Å². The normalized spacial score (nSPS) is 11.0. The molecule has 0 spiro atoms. The Hall–Kier alpha value is -2.41. The highest BCUT2D eigenvalue weighted by Gasteiger charge is 2.10. The number of aryl methyl sites for hydroxylation is 2. The number of hydrogen-bond donors (Lipinski definition) is 2. The summed E-state index contributed by atoms with van der Waals surface area (Å²) in [6.45, 7) is 1.38. The molecule has 0 unspecified atom stereocenters. The molecule has 1 amide bonds. The van der Waals surface area contributed by atoms with E-state index in [4.69, 9.17) is 11.6 Å². The molecule has 0 fully saturated rings. The van der Waals surface area contributed by atoms with Gasteiger partial charge in [0.2, 0.25) is 5.91 Å². The van der Waals surface area contributed by atoms with E-state index in [0.29, 0.717) is 6.54 Å². The Morgan fingerprint density at radius 2 is 2.00 bits per heavy atom. The van der Waals surface area contributed by atoms with Crippen molar-refractivity contribution in [1.29, 1.82) is 0 Å². The molecule has 2 N–H and O–H groups in total. The number of aromatic nitrogens is 2. The molecule has 8 heteroatoms. The summed E-state index contributed by atoms with van der Waals surface area (Å²) in [6.07, 6.45) is 4.68. The molecular weight excluding hydrogens is 328 g/mol. The van der Waals surface area contributed by atoms with E-state index < -0.39 is 0 Å². The number of rotatable bonds is 8. The molecule has 1 aromatic carbocycles. The minimum absolute atomic E-state index is 0.00420. The second-order valence-electron chi connectivity index (χ2n) is 5.33. The van der Waals surface area contributed by atoms with Crippen molar-refractivity contribution in [2.24, 2.45) is 24.3 Å². The maximum absolute atomic E-state index is 11.0. The lowest BCUT2D eigenvalue weighted by atomic mass is 10.3. The first-order valence-corrected chi connectivity index (χ1v) is 8.23. The van der Waals surface area contributed by atoms with Gasteiger partial charge < -0.3 is 10.6 Å². The van der Waals surface area contributed by atoms with Gasteiger partial charge in [0.1, 0.15) is 11.6 Å². The Morgan fingerprint density at radius 1 is 1.25 bits per heavy atom. The van der Waals surface area contributed by atoms with E-state index in [-0.39, 0.29) is 11.8 Å². The first-order valence-electron chi connectivity index (χ1n) is 7.69. The SMILES string of the molecule is Cn1cc[n+](C)c1/N=N/c1ccc(NCCCNC(=O)CCl)cc1. The molecule has 24 heavy (non-hydrogen) atoms. The average Bonchev–Trinajstić information content (AvgIpc) is 2.91. The zero-order valence-electron chi connectivity index (χ0n) is 13.9. The van der Waals surface area contributed by atoms with Gasteiger partial charge in [-0.25, -0.2) is 9.13 Å². The van der Waals surface area contributed by atoms with Gasteiger partial charge in [0, 0.05) is 23.9 Å². The van der Waals surface area contributed by atoms with Gasteiger partial charge in [0.15, 0.2) is 0 Å². The van der Waals surface area contributed by atoms with Gasteiger partial charge in [-0.05, 0) is 30.7 Å². The molecule has 1 heterocycles. The van der Waals surface area contributed by atoms with Crippen LogP contribution in [0.3, 0.4) is 0 Å². The van der Waals surface area contributed by atoms with E-state index >= 15 is 0 Å². The zero-order valence-corrected chi connectivity index (χ0v) is 14.6. The Morgan fingerprint density at radius 3 is 2.62 bits per heavy atom. The molecule has 2 aromatic rings. The molecule has 7 nitrogen and oxygen atoms in total. The van der Waals surface area contributed by atoms with Crippen LogP contribution < -0.4 is 15.2 Å². The Balaban J connectivity index is 1.79. The van der Waals surface area contributed by atoms with Crippen LogP contribution in [0, 0.1) is 0 Å². The van der Waals surface area contributed by atoms with Gasteiger partial charge in [-0.15, -0.1) is 11.6 Å². The molecule has 0 aliphatic heterocycles. The largest absolute Gasteiger partial charge is 0.421 e. The number of halogens is 1. The molecule has 2 rings (SSSR count). The summed E-state index contributed by atoms with van der Waals surface area (Å²) < 4.78 is 3.81. The minimum atomic E-state index is -0.141. The fourth-order valence-corrected chi connectivity index (χ4v) is 2.16. The molecule has 0 saturated carbocycles. The lowest BCUT2D eigenvalue weighted by Gasteiger charge is -2.06. The summed E-state index contributed by atoms with van der Waals surface area (Å²) in [5.41, 5.74) is 1.79. The van der Waals surface area contributed by atoms with Gasteiger partial charge in [-0.3, -0.25) is 4.79 Å². The number of amides is 1. The fourth-order valence-electron chi connectivity index (χ4n) is 2.07. The van der Waals surface area contributed by atoms with Gasteiger partial charge in [-0.1, -0.05) is 5.11 Å². The number of alkyl halides is 1. The van der Waals surface area contributed by atoms with Gasteiger partial charge in [0.25, 0.3) is 0 Å². The van der Waals surface area contributed by atoms with Crippen LogP contribution in [-0.2, 0) is 18.9 Å². The van der Waals surface area contributed by atoms with Gasteiger partial charge >= 0.3 is 5.95 Å². The molecule has 1 aromatic heterocycles. The first-order chi connectivity index (χ1) is 11.6. The first kappa shape index (κ1) is 17.9. The third kappa shape index (κ3) is 5.34. The van der Waals surface area contributed by atoms with Crippen molar-refractivity contribution in [1.82, 2.24) is 9.88 Å². The van der Waals surface area contributed by atoms with E-state index in [1.807, 2.05) is 59.9 Å². The highest BCUT2D eigenvalue weighted by atomic mass is 35.5. The minimum Gasteiger partial charge on any atom is -0.385 e. The number of carbonyl (C=O) groups is 1. The van der Waals surface area contributed by atoms with Crippen LogP contribution in [0.15, 0.2) is 46.9 Å². The number of nitrogens with one attached hydrogen (secondary N) is 2. The second-order valence-corrected chi connectivity index (χ2v) is 5.60. The van der Waals surface area contributed by atoms with Gasteiger partial charge in [-0.2, -0.15) is 0 Å². The topological polar surface area (TPSA) is 74.7 Å². The molecule has 0 aliphatic rings. The predicted molar refractivity (Wildman–Crippen MR) is 94.0 cm³/mol. The van der Waals surface area contributed by atoms with E-state index in [1.165, 1.54) is 0 Å². The Labute approximate surface area is 146 Å². The van der Waals surface area contributed by atoms with Gasteiger partial charge in [0.05, 0.1) is 26.5 Å². The molecular formula is C16H22ClN6O+. The summed E-state index contributed by atoms with van der Waals surface area (Å²) >= 11 is 5.40. The Kier molecular flexibility index (Phi) is 6.74. The van der Waals surface area contributed by atoms with Crippen LogP contribution in [0.5, 0.6) is 0 Å². The number of benzene rings is 1. The number of azo groups is 1. The van der Waals surface area contributed by atoms with Crippen molar-refractivity contribution < 1.29 is 9.36 Å². The van der Waals surface area contributed by atoms with Crippen molar-refractivity contribution in [3.8, 4) is 0 Å². The van der Waals surface area contributed by atoms with Crippen molar-refractivity contribution in [2.75, 3.05) is 24.3 Å². The quantitative estimate of drug-likeness (QED) is 0.332. The fraction of sp³-hybridized carbons (Fsp3) is 0.375. The number of anilines is 1. The van der Waals surface area contributed by atoms with Crippen LogP contribution in [0.4, 0.5) is 17.3 Å². The standard InChI is InChI=1S/C16H21ClN6O/c1-22-10-11-23(2)16(22)21-20-14-6-4-13(5-7-14)18-8-3-9-19-15(24)12-17/h4-7,10-11H,3,8-9,12H2,1-2H3,(H,19,24)/p+1. The summed E-state index contributed by atoms with van der Waals surface area (Å²) in [5, 5.41) is 14.5. The molecule has 0 bridgehead atoms. The molecule has 0 saturated heterocycles. The van der Waals surface area contributed by atoms with Crippen molar-refractivity contribution >= 4 is 34.8 Å². The summed E-state index contributed by atoms with van der Waals surface area (Å²) in [5.74, 6) is 0.638. The van der Waals surface area contributed by atoms with E-state index in [2.05, 4.69) is 20.9 Å². The van der Waals surface area contributed by atoms with Crippen LogP contribution in [0.1, 0.15) is 6.42 Å². The molecule has 0 radical (unpaired) electrons. The molecule has 128 valence electrons. The highest BCUT2D eigenvalue weighted by Crippen LogP contribution is 2.18. The van der Waals surface area contributed by atoms with Crippen LogP contribution in [0.25, 0.3) is 0 Å². The Bertz CT molecular complexity index is 676. The van der Waals surface area contributed by atoms with Crippen LogP contribution in [0.2, 0.25) is 0 Å². The van der Waals surface area contributed by atoms with E-state index in [0.717, 1.165) is 30.3 Å². The lowest BCUT2D eigenvalue weighted by Crippen LogP contribution is -2.26. The summed E-state index contributed by atoms with van der Waals surface area (Å²) in [7, 11) is 3.86. The average molecular weight is 350 g/mol. The van der Waals surface area contributed by atoms with Crippen molar-refractivity contribution in [3.63, 3.8) is 0 Å². The number of imidazole rings is 1. The number of carbonyl (C=O) groups excluding carboxylic acids is 1. The maximum Gasteiger partial charge on any atom is 0.421 e. The number of hydrogen-bond acceptors (Lipinski definition) is 4. The predicted octanol–water partition coefficient (Wildman–Crippen LogP) is 2.42. The third-order valence-electron chi connectivity index (χ3n) is 3.39. The van der Waals surface area contributed by atoms with Crippen LogP contribution >= 0.6 is 11.6 Å². The van der Waals surface area contributed by atoms with Crippen LogP contribution in [-0.4, -0.2) is 29.4 Å². The maximum atomic E-state index is 11.0.